The number of carbonyl (C=O) groups is 1. The van der Waals surface area contributed by atoms with Crippen LogP contribution in [0.15, 0.2) is 64.2 Å². The van der Waals surface area contributed by atoms with Gasteiger partial charge in [-0.15, -0.1) is 0 Å². The van der Waals surface area contributed by atoms with Gasteiger partial charge in [-0.2, -0.15) is 18.3 Å². The molecule has 1 N–H and O–H groups in total. The summed E-state index contributed by atoms with van der Waals surface area (Å²) in [6.07, 6.45) is 0.737. The van der Waals surface area contributed by atoms with Crippen molar-refractivity contribution in [3.8, 4) is 0 Å². The molecule has 1 aromatic carbocycles. The van der Waals surface area contributed by atoms with E-state index in [1.54, 1.807) is 29.1 Å². The van der Waals surface area contributed by atoms with Crippen molar-refractivity contribution in [2.75, 3.05) is 5.32 Å². The smallest absolute Gasteiger partial charge is 0.322 e. The Morgan fingerprint density at radius 1 is 1.24 bits per heavy atom. The van der Waals surface area contributed by atoms with Gasteiger partial charge in [0.25, 0.3) is 5.91 Å². The number of hydrogen-bond donors (Lipinski definition) is 1. The monoisotopic (exact) mass is 454 g/mol. The van der Waals surface area contributed by atoms with E-state index in [9.17, 15) is 18.0 Å². The van der Waals surface area contributed by atoms with Gasteiger partial charge in [-0.25, -0.2) is 4.52 Å². The largest absolute Gasteiger partial charge is 0.391 e. The zero-order valence-electron chi connectivity index (χ0n) is 17.5. The van der Waals surface area contributed by atoms with Gasteiger partial charge >= 0.3 is 12.0 Å². The third-order valence-electron chi connectivity index (χ3n) is 5.82. The van der Waals surface area contributed by atoms with E-state index in [2.05, 4.69) is 25.9 Å². The van der Waals surface area contributed by atoms with Crippen LogP contribution < -0.4 is 5.32 Å². The lowest BCUT2D eigenvalue weighted by Crippen LogP contribution is -2.37. The third kappa shape index (κ3) is 4.13. The molecule has 5 rings (SSSR count). The van der Waals surface area contributed by atoms with Crippen molar-refractivity contribution in [3.05, 3.63) is 65.5 Å². The number of rotatable bonds is 4. The minimum atomic E-state index is -4.16. The second kappa shape index (κ2) is 7.91. The molecule has 33 heavy (non-hydrogen) atoms. The standard InChI is InChI=1S/C22H18F3N7O/c1-13-5-6-15(20-28-30-32(29-20)12-14-8-16(9-14)22(23,24)25)10-18(13)27-21(33)17-11-26-31-7-3-2-4-19(17)31/h2-7,10-12,14,16H,8-9H2,1H3/p+1/b32-12-. The van der Waals surface area contributed by atoms with Gasteiger partial charge in [0.2, 0.25) is 0 Å². The molecule has 168 valence electrons. The summed E-state index contributed by atoms with van der Waals surface area (Å²) in [6, 6.07) is 10.8. The van der Waals surface area contributed by atoms with Crippen molar-refractivity contribution in [2.24, 2.45) is 27.3 Å². The Morgan fingerprint density at radius 2 is 2.06 bits per heavy atom. The van der Waals surface area contributed by atoms with Crippen molar-refractivity contribution in [3.63, 3.8) is 0 Å². The summed E-state index contributed by atoms with van der Waals surface area (Å²) < 4.78 is 39.6. The van der Waals surface area contributed by atoms with Gasteiger partial charge in [0.15, 0.2) is 5.22 Å². The lowest BCUT2D eigenvalue weighted by molar-refractivity contribution is -0.538. The quantitative estimate of drug-likeness (QED) is 0.584. The number of aromatic nitrogens is 2. The summed E-state index contributed by atoms with van der Waals surface area (Å²) in [5.74, 6) is -1.49. The highest BCUT2D eigenvalue weighted by Crippen LogP contribution is 2.43. The van der Waals surface area contributed by atoms with E-state index in [1.165, 1.54) is 11.0 Å². The van der Waals surface area contributed by atoms with E-state index in [-0.39, 0.29) is 24.7 Å². The first-order chi connectivity index (χ1) is 15.8. The van der Waals surface area contributed by atoms with E-state index in [0.29, 0.717) is 28.2 Å². The first kappa shape index (κ1) is 21.0. The van der Waals surface area contributed by atoms with Crippen molar-refractivity contribution < 1.29 is 22.8 Å². The molecule has 0 spiro atoms. The number of alkyl halides is 3. The number of fused-ring (bicyclic) bond motifs is 1. The number of benzene rings is 1. The van der Waals surface area contributed by atoms with Crippen molar-refractivity contribution in [1.29, 1.82) is 0 Å². The zero-order chi connectivity index (χ0) is 23.2. The summed E-state index contributed by atoms with van der Waals surface area (Å²) in [4.78, 5) is 14.1. The second-order valence-corrected chi connectivity index (χ2v) is 8.13. The molecule has 1 aliphatic heterocycles. The molecule has 11 heteroatoms. The maximum atomic E-state index is 12.9. The topological polar surface area (TPSA) is 86.5 Å². The maximum Gasteiger partial charge on any atom is 0.391 e. The minimum Gasteiger partial charge on any atom is -0.322 e. The van der Waals surface area contributed by atoms with Crippen LogP contribution in [-0.4, -0.2) is 38.5 Å². The number of carbonyl (C=O) groups excluding carboxylic acids is 1. The van der Waals surface area contributed by atoms with Crippen molar-refractivity contribution in [1.82, 2.24) is 9.61 Å². The summed E-state index contributed by atoms with van der Waals surface area (Å²) >= 11 is 0. The van der Waals surface area contributed by atoms with Crippen LogP contribution in [0.2, 0.25) is 0 Å². The fourth-order valence-corrected chi connectivity index (χ4v) is 3.84. The molecule has 2 aromatic heterocycles. The van der Waals surface area contributed by atoms with Gasteiger partial charge in [0, 0.05) is 17.8 Å². The highest BCUT2D eigenvalue weighted by molar-refractivity contribution is 6.09. The molecule has 2 aliphatic rings. The SMILES string of the molecule is Cc1ccc(C2=N/[N+](=C/C3CC(C(F)(F)F)C3)N=N2)cc1NC(=O)c1cnn2ccccc12. The van der Waals surface area contributed by atoms with E-state index in [4.69, 9.17) is 0 Å². The summed E-state index contributed by atoms with van der Waals surface area (Å²) in [5.41, 5.74) is 3.18. The Balaban J connectivity index is 1.32. The number of amides is 1. The highest BCUT2D eigenvalue weighted by atomic mass is 19.4. The summed E-state index contributed by atoms with van der Waals surface area (Å²) in [6.45, 7) is 1.86. The summed E-state index contributed by atoms with van der Waals surface area (Å²) in [7, 11) is 0. The molecule has 0 radical (unpaired) electrons. The number of pyridine rings is 1. The lowest BCUT2D eigenvalue weighted by Gasteiger charge is -2.33. The Kier molecular flexibility index (Phi) is 5.03. The first-order valence-corrected chi connectivity index (χ1v) is 10.3. The molecular weight excluding hydrogens is 435 g/mol. The van der Waals surface area contributed by atoms with Crippen molar-refractivity contribution >= 4 is 29.2 Å². The van der Waals surface area contributed by atoms with Crippen LogP contribution in [-0.2, 0) is 0 Å². The highest BCUT2D eigenvalue weighted by Gasteiger charge is 2.48. The number of halogens is 3. The molecule has 1 saturated carbocycles. The van der Waals surface area contributed by atoms with Gasteiger partial charge in [-0.05, 0) is 59.5 Å². The number of nitrogens with zero attached hydrogens (tertiary/aromatic N) is 6. The number of nitrogens with one attached hydrogen (secondary N) is 1. The van der Waals surface area contributed by atoms with Crippen LogP contribution in [0.25, 0.3) is 5.52 Å². The number of amidine groups is 1. The van der Waals surface area contributed by atoms with Crippen molar-refractivity contribution in [2.45, 2.75) is 25.9 Å². The van der Waals surface area contributed by atoms with Crippen LogP contribution in [0.5, 0.6) is 0 Å². The van der Waals surface area contributed by atoms with Crippen LogP contribution in [0.1, 0.15) is 34.3 Å². The first-order valence-electron chi connectivity index (χ1n) is 10.3. The summed E-state index contributed by atoms with van der Waals surface area (Å²) in [5, 5.41) is 19.3. The Labute approximate surface area is 186 Å². The minimum absolute atomic E-state index is 0.0324. The Hall–Kier alpha value is -3.89. The fraction of sp³-hybridized carbons (Fsp3) is 0.273. The Bertz CT molecular complexity index is 1330. The van der Waals surface area contributed by atoms with Crippen LogP contribution in [0.3, 0.4) is 0 Å². The number of aryl methyl sites for hydroxylation is 1. The van der Waals surface area contributed by atoms with E-state index in [0.717, 1.165) is 5.56 Å². The average molecular weight is 454 g/mol. The predicted octanol–water partition coefficient (Wildman–Crippen LogP) is 4.61. The predicted molar refractivity (Wildman–Crippen MR) is 114 cm³/mol. The molecule has 0 bridgehead atoms. The van der Waals surface area contributed by atoms with Gasteiger partial charge in [0.05, 0.1) is 28.8 Å². The molecule has 0 atom stereocenters. The van der Waals surface area contributed by atoms with Gasteiger partial charge in [0.1, 0.15) is 11.3 Å². The normalized spacial score (nSPS) is 21.3. The number of hydrazone groups is 1. The van der Waals surface area contributed by atoms with E-state index in [1.807, 2.05) is 31.2 Å². The molecular formula is C22H19F3N7O+. The molecule has 3 heterocycles. The second-order valence-electron chi connectivity index (χ2n) is 8.13. The molecule has 3 aromatic rings. The van der Waals surface area contributed by atoms with Crippen LogP contribution >= 0.6 is 0 Å². The van der Waals surface area contributed by atoms with Gasteiger partial charge in [-0.3, -0.25) is 4.79 Å². The molecule has 1 aliphatic carbocycles. The van der Waals surface area contributed by atoms with Gasteiger partial charge < -0.3 is 5.32 Å². The zero-order valence-corrected chi connectivity index (χ0v) is 17.5. The maximum absolute atomic E-state index is 12.9. The van der Waals surface area contributed by atoms with Crippen LogP contribution in [0, 0.1) is 18.8 Å². The molecule has 8 nitrogen and oxygen atoms in total. The van der Waals surface area contributed by atoms with Crippen LogP contribution in [0.4, 0.5) is 18.9 Å². The molecule has 1 amide bonds. The molecule has 0 unspecified atom stereocenters. The van der Waals surface area contributed by atoms with E-state index >= 15 is 0 Å². The van der Waals surface area contributed by atoms with Gasteiger partial charge in [-0.1, -0.05) is 12.1 Å². The molecule has 0 saturated heterocycles. The molecule has 1 fully saturated rings. The number of hydrogen-bond acceptors (Lipinski definition) is 5. The van der Waals surface area contributed by atoms with E-state index < -0.39 is 12.1 Å². The third-order valence-corrected chi connectivity index (χ3v) is 5.82. The average Bonchev–Trinajstić information content (AvgIpc) is 3.38. The lowest BCUT2D eigenvalue weighted by atomic mass is 9.75. The number of anilines is 1. The fourth-order valence-electron chi connectivity index (χ4n) is 3.84. The Morgan fingerprint density at radius 3 is 2.85 bits per heavy atom.